The molecule has 1 amide bonds. The lowest BCUT2D eigenvalue weighted by Crippen LogP contribution is -2.34. The van der Waals surface area contributed by atoms with Gasteiger partial charge in [-0.2, -0.15) is 0 Å². The van der Waals surface area contributed by atoms with Crippen LogP contribution in [0.25, 0.3) is 10.9 Å². The molecule has 2 aromatic rings. The number of hydrogen-bond donors (Lipinski definition) is 3. The van der Waals surface area contributed by atoms with Gasteiger partial charge in [-0.25, -0.2) is 0 Å². The van der Waals surface area contributed by atoms with Gasteiger partial charge in [-0.3, -0.25) is 4.79 Å². The quantitative estimate of drug-likeness (QED) is 0.736. The van der Waals surface area contributed by atoms with Crippen LogP contribution in [0.4, 0.5) is 0 Å². The molecule has 0 fully saturated rings. The van der Waals surface area contributed by atoms with Gasteiger partial charge in [-0.05, 0) is 36.3 Å². The lowest BCUT2D eigenvalue weighted by Gasteiger charge is -2.23. The molecule has 1 aromatic heterocycles. The second-order valence-corrected chi connectivity index (χ2v) is 6.73. The zero-order valence-corrected chi connectivity index (χ0v) is 13.7. The highest BCUT2D eigenvalue weighted by Crippen LogP contribution is 2.22. The summed E-state index contributed by atoms with van der Waals surface area (Å²) < 4.78 is 0. The molecule has 3 N–H and O–H groups in total. The predicted octanol–water partition coefficient (Wildman–Crippen LogP) is 2.93. The lowest BCUT2D eigenvalue weighted by atomic mass is 9.90. The number of rotatable bonds is 7. The van der Waals surface area contributed by atoms with Crippen molar-refractivity contribution in [3.05, 3.63) is 35.5 Å². The fraction of sp³-hybridized carbons (Fsp3) is 0.500. The lowest BCUT2D eigenvalue weighted by molar-refractivity contribution is -0.121. The topological polar surface area (TPSA) is 65.1 Å². The number of amides is 1. The Morgan fingerprint density at radius 2 is 2.14 bits per heavy atom. The highest BCUT2D eigenvalue weighted by atomic mass is 16.3. The maximum atomic E-state index is 12.0. The van der Waals surface area contributed by atoms with Gasteiger partial charge in [0.2, 0.25) is 5.91 Å². The first-order valence-electron chi connectivity index (χ1n) is 7.86. The number of aromatic nitrogens is 1. The number of carbonyl (C=O) groups excluding carboxylic acids is 1. The van der Waals surface area contributed by atoms with Gasteiger partial charge in [0.15, 0.2) is 0 Å². The van der Waals surface area contributed by atoms with Crippen LogP contribution in [0, 0.1) is 12.3 Å². The molecule has 0 saturated heterocycles. The minimum Gasteiger partial charge on any atom is -0.396 e. The largest absolute Gasteiger partial charge is 0.396 e. The van der Waals surface area contributed by atoms with Crippen LogP contribution in [0.2, 0.25) is 0 Å². The molecule has 0 unspecified atom stereocenters. The molecule has 4 nitrogen and oxygen atoms in total. The number of fused-ring (bicyclic) bond motifs is 1. The van der Waals surface area contributed by atoms with E-state index in [4.69, 9.17) is 5.11 Å². The molecule has 0 atom stereocenters. The molecule has 22 heavy (non-hydrogen) atoms. The van der Waals surface area contributed by atoms with E-state index >= 15 is 0 Å². The summed E-state index contributed by atoms with van der Waals surface area (Å²) in [4.78, 5) is 15.3. The fourth-order valence-electron chi connectivity index (χ4n) is 2.64. The first-order chi connectivity index (χ1) is 10.4. The number of aryl methyl sites for hydroxylation is 2. The number of aromatic amines is 1. The van der Waals surface area contributed by atoms with Crippen LogP contribution in [0.15, 0.2) is 24.4 Å². The van der Waals surface area contributed by atoms with Crippen LogP contribution in [0.1, 0.15) is 37.8 Å². The SMILES string of the molecule is Cc1cccc2c(CCC(=O)NCC(C)(C)CCO)c[nH]c12. The van der Waals surface area contributed by atoms with Crippen molar-refractivity contribution in [2.45, 2.75) is 40.0 Å². The average molecular weight is 302 g/mol. The van der Waals surface area contributed by atoms with Gasteiger partial charge in [0.25, 0.3) is 0 Å². The summed E-state index contributed by atoms with van der Waals surface area (Å²) in [7, 11) is 0. The van der Waals surface area contributed by atoms with Crippen LogP contribution in [-0.4, -0.2) is 29.1 Å². The number of H-pyrrole nitrogens is 1. The van der Waals surface area contributed by atoms with Gasteiger partial charge in [0, 0.05) is 36.7 Å². The van der Waals surface area contributed by atoms with Crippen LogP contribution in [0.3, 0.4) is 0 Å². The van der Waals surface area contributed by atoms with Crippen molar-refractivity contribution in [1.82, 2.24) is 10.3 Å². The number of aliphatic hydroxyl groups excluding tert-OH is 1. The van der Waals surface area contributed by atoms with E-state index in [-0.39, 0.29) is 17.9 Å². The van der Waals surface area contributed by atoms with E-state index in [0.29, 0.717) is 19.4 Å². The molecular formula is C18H26N2O2. The Morgan fingerprint density at radius 1 is 1.36 bits per heavy atom. The summed E-state index contributed by atoms with van der Waals surface area (Å²) in [5, 5.41) is 13.2. The van der Waals surface area contributed by atoms with E-state index in [9.17, 15) is 4.79 Å². The molecule has 120 valence electrons. The van der Waals surface area contributed by atoms with E-state index in [0.717, 1.165) is 11.9 Å². The molecular weight excluding hydrogens is 276 g/mol. The Hall–Kier alpha value is -1.81. The zero-order valence-electron chi connectivity index (χ0n) is 13.7. The number of carbonyl (C=O) groups is 1. The minimum absolute atomic E-state index is 0.0630. The van der Waals surface area contributed by atoms with E-state index in [1.807, 2.05) is 26.1 Å². The third-order valence-corrected chi connectivity index (χ3v) is 4.18. The van der Waals surface area contributed by atoms with Gasteiger partial charge in [0.1, 0.15) is 0 Å². The predicted molar refractivity (Wildman–Crippen MR) is 89.9 cm³/mol. The highest BCUT2D eigenvalue weighted by molar-refractivity contribution is 5.86. The molecule has 0 saturated carbocycles. The molecule has 4 heteroatoms. The third-order valence-electron chi connectivity index (χ3n) is 4.18. The number of para-hydroxylation sites is 1. The standard InChI is InChI=1S/C18H26N2O2/c1-13-5-4-6-15-14(11-19-17(13)15)7-8-16(22)20-12-18(2,3)9-10-21/h4-6,11,19,21H,7-10,12H2,1-3H3,(H,20,22). The Labute approximate surface area is 131 Å². The van der Waals surface area contributed by atoms with E-state index in [1.165, 1.54) is 16.5 Å². The number of nitrogens with one attached hydrogen (secondary N) is 2. The van der Waals surface area contributed by atoms with Crippen molar-refractivity contribution in [2.24, 2.45) is 5.41 Å². The third kappa shape index (κ3) is 4.10. The number of benzene rings is 1. The first-order valence-corrected chi connectivity index (χ1v) is 7.86. The van der Waals surface area contributed by atoms with Gasteiger partial charge in [0.05, 0.1) is 0 Å². The first kappa shape index (κ1) is 16.6. The summed E-state index contributed by atoms with van der Waals surface area (Å²) in [6, 6.07) is 6.22. The molecule has 2 rings (SSSR count). The van der Waals surface area contributed by atoms with Crippen LogP contribution in [0.5, 0.6) is 0 Å². The summed E-state index contributed by atoms with van der Waals surface area (Å²) in [5.74, 6) is 0.0630. The Morgan fingerprint density at radius 3 is 2.86 bits per heavy atom. The van der Waals surface area contributed by atoms with Crippen molar-refractivity contribution >= 4 is 16.8 Å². The monoisotopic (exact) mass is 302 g/mol. The zero-order chi connectivity index (χ0) is 16.2. The highest BCUT2D eigenvalue weighted by Gasteiger charge is 2.18. The van der Waals surface area contributed by atoms with E-state index in [2.05, 4.69) is 29.4 Å². The van der Waals surface area contributed by atoms with Crippen molar-refractivity contribution in [3.8, 4) is 0 Å². The van der Waals surface area contributed by atoms with Crippen LogP contribution in [-0.2, 0) is 11.2 Å². The summed E-state index contributed by atoms with van der Waals surface area (Å²) in [6.07, 6.45) is 3.90. The van der Waals surface area contributed by atoms with Crippen molar-refractivity contribution in [3.63, 3.8) is 0 Å². The van der Waals surface area contributed by atoms with E-state index in [1.54, 1.807) is 0 Å². The minimum atomic E-state index is -0.0672. The molecule has 0 spiro atoms. The molecule has 0 aliphatic heterocycles. The van der Waals surface area contributed by atoms with Crippen molar-refractivity contribution in [2.75, 3.05) is 13.2 Å². The van der Waals surface area contributed by atoms with Crippen LogP contribution >= 0.6 is 0 Å². The smallest absolute Gasteiger partial charge is 0.220 e. The fourth-order valence-corrected chi connectivity index (χ4v) is 2.64. The summed E-state index contributed by atoms with van der Waals surface area (Å²) in [6.45, 7) is 6.92. The van der Waals surface area contributed by atoms with Crippen molar-refractivity contribution < 1.29 is 9.90 Å². The second kappa shape index (κ2) is 6.97. The van der Waals surface area contributed by atoms with Gasteiger partial charge >= 0.3 is 0 Å². The Kier molecular flexibility index (Phi) is 5.24. The van der Waals surface area contributed by atoms with Gasteiger partial charge < -0.3 is 15.4 Å². The molecule has 0 radical (unpaired) electrons. The maximum absolute atomic E-state index is 12.0. The molecule has 1 heterocycles. The second-order valence-electron chi connectivity index (χ2n) is 6.73. The normalized spacial score (nSPS) is 11.8. The Bertz CT molecular complexity index is 644. The molecule has 0 aliphatic rings. The summed E-state index contributed by atoms with van der Waals surface area (Å²) in [5.41, 5.74) is 3.49. The number of aliphatic hydroxyl groups is 1. The summed E-state index contributed by atoms with van der Waals surface area (Å²) >= 11 is 0. The van der Waals surface area contributed by atoms with Crippen molar-refractivity contribution in [1.29, 1.82) is 0 Å². The maximum Gasteiger partial charge on any atom is 0.220 e. The van der Waals surface area contributed by atoms with Gasteiger partial charge in [-0.15, -0.1) is 0 Å². The van der Waals surface area contributed by atoms with Gasteiger partial charge in [-0.1, -0.05) is 32.0 Å². The average Bonchev–Trinajstić information content (AvgIpc) is 2.88. The number of hydrogen-bond acceptors (Lipinski definition) is 2. The van der Waals surface area contributed by atoms with Crippen LogP contribution < -0.4 is 5.32 Å². The molecule has 0 aliphatic carbocycles. The Balaban J connectivity index is 1.89. The van der Waals surface area contributed by atoms with E-state index < -0.39 is 0 Å². The molecule has 1 aromatic carbocycles. The molecule has 0 bridgehead atoms.